The van der Waals surface area contributed by atoms with Crippen molar-refractivity contribution in [3.8, 4) is 0 Å². The number of carbonyl (C=O) groups is 1. The van der Waals surface area contributed by atoms with Crippen LogP contribution in [0.1, 0.15) is 0 Å². The van der Waals surface area contributed by atoms with E-state index in [0.717, 1.165) is 4.90 Å². The average molecular weight is 246 g/mol. The number of thioether (sulfide) groups is 1. The van der Waals surface area contributed by atoms with E-state index in [-0.39, 0.29) is 0 Å². The highest BCUT2D eigenvalue weighted by Crippen LogP contribution is 2.28. The minimum Gasteiger partial charge on any atom is -0.398 e. The average Bonchev–Trinajstić information content (AvgIpc) is 2.18. The van der Waals surface area contributed by atoms with Gasteiger partial charge in [-0.3, -0.25) is 4.79 Å². The lowest BCUT2D eigenvalue weighted by Gasteiger charge is -2.08. The number of rotatable bonds is 4. The summed E-state index contributed by atoms with van der Waals surface area (Å²) in [5, 5.41) is 0.597. The lowest BCUT2D eigenvalue weighted by molar-refractivity contribution is -0.118. The molecule has 0 spiro atoms. The molecule has 0 aliphatic carbocycles. The quantitative estimate of drug-likeness (QED) is 0.541. The van der Waals surface area contributed by atoms with Crippen LogP contribution in [0, 0.1) is 0 Å². The van der Waals surface area contributed by atoms with Crippen LogP contribution in [0.5, 0.6) is 0 Å². The molecular weight excluding hydrogens is 234 g/mol. The Morgan fingerprint density at radius 3 is 2.80 bits per heavy atom. The number of halogens is 1. The van der Waals surface area contributed by atoms with E-state index in [2.05, 4.69) is 0 Å². The first-order valence-electron chi connectivity index (χ1n) is 4.23. The Hall–Kier alpha value is -0.910. The lowest BCUT2D eigenvalue weighted by atomic mass is 10.3. The second-order valence-electron chi connectivity index (χ2n) is 3.00. The third kappa shape index (κ3) is 3.62. The first-order chi connectivity index (χ1) is 7.00. The van der Waals surface area contributed by atoms with Crippen molar-refractivity contribution in [2.45, 2.75) is 10.9 Å². The zero-order valence-corrected chi connectivity index (χ0v) is 9.52. The summed E-state index contributed by atoms with van der Waals surface area (Å²) < 4.78 is 0. The van der Waals surface area contributed by atoms with Crippen molar-refractivity contribution in [1.29, 1.82) is 0 Å². The van der Waals surface area contributed by atoms with Crippen LogP contribution in [0.2, 0.25) is 5.02 Å². The summed E-state index contributed by atoms with van der Waals surface area (Å²) in [4.78, 5) is 11.5. The van der Waals surface area contributed by atoms with E-state index in [1.54, 1.807) is 18.2 Å². The Labute approximate surface area is 97.1 Å². The topological polar surface area (TPSA) is 95.1 Å². The van der Waals surface area contributed by atoms with E-state index in [0.29, 0.717) is 16.5 Å². The molecule has 6 heteroatoms. The van der Waals surface area contributed by atoms with Gasteiger partial charge in [0.05, 0.1) is 6.04 Å². The summed E-state index contributed by atoms with van der Waals surface area (Å²) in [7, 11) is 0. The number of hydrogen-bond acceptors (Lipinski definition) is 4. The zero-order chi connectivity index (χ0) is 11.4. The van der Waals surface area contributed by atoms with Gasteiger partial charge in [0.25, 0.3) is 0 Å². The summed E-state index contributed by atoms with van der Waals surface area (Å²) in [6, 6.07) is 4.47. The lowest BCUT2D eigenvalue weighted by Crippen LogP contribution is -2.38. The summed E-state index contributed by atoms with van der Waals surface area (Å²) in [5.41, 5.74) is 16.8. The molecule has 0 aliphatic rings. The van der Waals surface area contributed by atoms with Crippen LogP contribution >= 0.6 is 23.4 Å². The summed E-state index contributed by atoms with van der Waals surface area (Å²) in [6.07, 6.45) is 0. The zero-order valence-electron chi connectivity index (χ0n) is 7.94. The third-order valence-electron chi connectivity index (χ3n) is 1.76. The van der Waals surface area contributed by atoms with Crippen molar-refractivity contribution < 1.29 is 4.79 Å². The van der Waals surface area contributed by atoms with Crippen LogP contribution < -0.4 is 17.2 Å². The van der Waals surface area contributed by atoms with Gasteiger partial charge in [0, 0.05) is 21.4 Å². The van der Waals surface area contributed by atoms with Crippen LogP contribution in [0.15, 0.2) is 23.1 Å². The monoisotopic (exact) mass is 245 g/mol. The third-order valence-corrected chi connectivity index (χ3v) is 3.18. The first kappa shape index (κ1) is 12.2. The van der Waals surface area contributed by atoms with Crippen LogP contribution in [-0.4, -0.2) is 17.7 Å². The molecular formula is C9H12ClN3OS. The molecule has 0 heterocycles. The van der Waals surface area contributed by atoms with Gasteiger partial charge >= 0.3 is 0 Å². The van der Waals surface area contributed by atoms with Gasteiger partial charge in [-0.05, 0) is 18.2 Å². The molecule has 0 bridgehead atoms. The van der Waals surface area contributed by atoms with Gasteiger partial charge in [-0.25, -0.2) is 0 Å². The Morgan fingerprint density at radius 2 is 2.20 bits per heavy atom. The standard InChI is InChI=1S/C9H12ClN3OS/c10-5-1-2-6(11)8(3-5)15-4-7(12)9(13)14/h1-3,7H,4,11-12H2,(H2,13,14). The predicted molar refractivity (Wildman–Crippen MR) is 63.8 cm³/mol. The Morgan fingerprint density at radius 1 is 1.53 bits per heavy atom. The number of anilines is 1. The molecule has 82 valence electrons. The SMILES string of the molecule is NC(=O)C(N)CSc1cc(Cl)ccc1N. The number of carbonyl (C=O) groups excluding carboxylic acids is 1. The molecule has 6 N–H and O–H groups in total. The van der Waals surface area contributed by atoms with E-state index in [9.17, 15) is 4.79 Å². The van der Waals surface area contributed by atoms with Crippen molar-refractivity contribution >= 4 is 35.0 Å². The maximum absolute atomic E-state index is 10.7. The molecule has 0 aliphatic heterocycles. The van der Waals surface area contributed by atoms with E-state index in [1.807, 2.05) is 0 Å². The number of hydrogen-bond donors (Lipinski definition) is 3. The Bertz CT molecular complexity index is 372. The normalized spacial score (nSPS) is 12.4. The van der Waals surface area contributed by atoms with Crippen LogP contribution in [0.3, 0.4) is 0 Å². The number of amides is 1. The van der Waals surface area contributed by atoms with Crippen molar-refractivity contribution in [2.75, 3.05) is 11.5 Å². The molecule has 1 aromatic carbocycles. The van der Waals surface area contributed by atoms with Crippen molar-refractivity contribution in [3.05, 3.63) is 23.2 Å². The molecule has 1 amide bonds. The van der Waals surface area contributed by atoms with Crippen LogP contribution in [-0.2, 0) is 4.79 Å². The summed E-state index contributed by atoms with van der Waals surface area (Å²) in [6.45, 7) is 0. The maximum atomic E-state index is 10.7. The molecule has 15 heavy (non-hydrogen) atoms. The Balaban J connectivity index is 2.65. The van der Waals surface area contributed by atoms with Gasteiger partial charge in [0.15, 0.2) is 0 Å². The van der Waals surface area contributed by atoms with E-state index in [1.165, 1.54) is 11.8 Å². The first-order valence-corrected chi connectivity index (χ1v) is 5.60. The molecule has 0 fully saturated rings. The Kier molecular flexibility index (Phi) is 4.26. The number of nitrogens with two attached hydrogens (primary N) is 3. The molecule has 1 rings (SSSR count). The molecule has 1 atom stereocenters. The largest absolute Gasteiger partial charge is 0.398 e. The maximum Gasteiger partial charge on any atom is 0.235 e. The number of benzene rings is 1. The van der Waals surface area contributed by atoms with Crippen LogP contribution in [0.25, 0.3) is 0 Å². The molecule has 1 unspecified atom stereocenters. The molecule has 4 nitrogen and oxygen atoms in total. The van der Waals surface area contributed by atoms with Gasteiger partial charge in [-0.2, -0.15) is 0 Å². The molecule has 0 saturated heterocycles. The highest BCUT2D eigenvalue weighted by atomic mass is 35.5. The predicted octanol–water partition coefficient (Wildman–Crippen LogP) is 0.827. The molecule has 0 radical (unpaired) electrons. The highest BCUT2D eigenvalue weighted by molar-refractivity contribution is 7.99. The van der Waals surface area contributed by atoms with Gasteiger partial charge < -0.3 is 17.2 Å². The summed E-state index contributed by atoms with van der Waals surface area (Å²) in [5.74, 6) is -0.136. The van der Waals surface area contributed by atoms with E-state index in [4.69, 9.17) is 28.8 Å². The molecule has 1 aromatic rings. The molecule has 0 saturated carbocycles. The number of primary amides is 1. The van der Waals surface area contributed by atoms with E-state index < -0.39 is 11.9 Å². The summed E-state index contributed by atoms with van der Waals surface area (Å²) >= 11 is 7.17. The van der Waals surface area contributed by atoms with Gasteiger partial charge in [-0.15, -0.1) is 11.8 Å². The highest BCUT2D eigenvalue weighted by Gasteiger charge is 2.10. The van der Waals surface area contributed by atoms with Crippen molar-refractivity contribution in [3.63, 3.8) is 0 Å². The van der Waals surface area contributed by atoms with Crippen LogP contribution in [0.4, 0.5) is 5.69 Å². The fourth-order valence-electron chi connectivity index (χ4n) is 0.895. The molecule has 0 aromatic heterocycles. The second kappa shape index (κ2) is 5.25. The minimum atomic E-state index is -0.673. The van der Waals surface area contributed by atoms with Gasteiger partial charge in [0.2, 0.25) is 5.91 Å². The van der Waals surface area contributed by atoms with Gasteiger partial charge in [-0.1, -0.05) is 11.6 Å². The fourth-order valence-corrected chi connectivity index (χ4v) is 2.10. The minimum absolute atomic E-state index is 0.389. The van der Waals surface area contributed by atoms with E-state index >= 15 is 0 Å². The smallest absolute Gasteiger partial charge is 0.235 e. The van der Waals surface area contributed by atoms with Crippen molar-refractivity contribution in [1.82, 2.24) is 0 Å². The fraction of sp³-hybridized carbons (Fsp3) is 0.222. The van der Waals surface area contributed by atoms with Gasteiger partial charge in [0.1, 0.15) is 0 Å². The second-order valence-corrected chi connectivity index (χ2v) is 4.50. The number of nitrogen functional groups attached to an aromatic ring is 1. The van der Waals surface area contributed by atoms with Crippen molar-refractivity contribution in [2.24, 2.45) is 11.5 Å².